The quantitative estimate of drug-likeness (QED) is 0.908. The van der Waals surface area contributed by atoms with Crippen molar-refractivity contribution in [1.82, 2.24) is 4.98 Å². The molecule has 5 heteroatoms. The van der Waals surface area contributed by atoms with Gasteiger partial charge in [0.1, 0.15) is 5.75 Å². The van der Waals surface area contributed by atoms with Crippen LogP contribution in [-0.4, -0.2) is 22.2 Å². The van der Waals surface area contributed by atoms with Gasteiger partial charge in [-0.15, -0.1) is 11.3 Å². The summed E-state index contributed by atoms with van der Waals surface area (Å²) in [5.74, 6) is -0.258. The molecule has 1 N–H and O–H groups in total. The lowest BCUT2D eigenvalue weighted by Crippen LogP contribution is -2.05. The number of ether oxygens (including phenoxy) is 1. The zero-order chi connectivity index (χ0) is 14.7. The third-order valence-corrected chi connectivity index (χ3v) is 3.89. The van der Waals surface area contributed by atoms with Crippen LogP contribution in [0.25, 0.3) is 10.4 Å². The first-order chi connectivity index (χ1) is 9.51. The van der Waals surface area contributed by atoms with Crippen LogP contribution in [0, 0.1) is 0 Å². The molecule has 0 aliphatic heterocycles. The van der Waals surface area contributed by atoms with E-state index in [0.29, 0.717) is 4.88 Å². The van der Waals surface area contributed by atoms with Crippen LogP contribution in [0.3, 0.4) is 0 Å². The molecule has 0 saturated carbocycles. The number of hydrogen-bond acceptors (Lipinski definition) is 4. The lowest BCUT2D eigenvalue weighted by Gasteiger charge is -2.10. The molecule has 0 saturated heterocycles. The molecule has 0 fully saturated rings. The summed E-state index contributed by atoms with van der Waals surface area (Å²) >= 11 is 1.42. The van der Waals surface area contributed by atoms with E-state index in [0.717, 1.165) is 22.7 Å². The van der Waals surface area contributed by atoms with E-state index in [1.807, 2.05) is 45.0 Å². The van der Waals surface area contributed by atoms with E-state index in [-0.39, 0.29) is 11.8 Å². The van der Waals surface area contributed by atoms with Gasteiger partial charge < -0.3 is 9.84 Å². The minimum absolute atomic E-state index is 0.0804. The molecule has 0 unspecified atom stereocenters. The smallest absolute Gasteiger partial charge is 0.356 e. The van der Waals surface area contributed by atoms with E-state index in [1.165, 1.54) is 11.3 Å². The zero-order valence-corrected chi connectivity index (χ0v) is 12.5. The predicted octanol–water partition coefficient (Wildman–Crippen LogP) is 3.86. The second kappa shape index (κ2) is 6.05. The van der Waals surface area contributed by atoms with Crippen molar-refractivity contribution in [2.24, 2.45) is 0 Å². The van der Waals surface area contributed by atoms with Crippen molar-refractivity contribution in [2.45, 2.75) is 33.3 Å². The fourth-order valence-corrected chi connectivity index (χ4v) is 2.83. The summed E-state index contributed by atoms with van der Waals surface area (Å²) in [6, 6.07) is 7.47. The highest BCUT2D eigenvalue weighted by molar-refractivity contribution is 7.15. The lowest BCUT2D eigenvalue weighted by molar-refractivity contribution is 0.0692. The van der Waals surface area contributed by atoms with Crippen LogP contribution in [0.15, 0.2) is 24.3 Å². The molecule has 0 radical (unpaired) electrons. The summed E-state index contributed by atoms with van der Waals surface area (Å²) in [6.45, 7) is 5.88. The van der Waals surface area contributed by atoms with E-state index < -0.39 is 5.97 Å². The van der Waals surface area contributed by atoms with E-state index in [4.69, 9.17) is 4.74 Å². The fourth-order valence-electron chi connectivity index (χ4n) is 1.84. The number of rotatable bonds is 5. The standard InChI is InChI=1S/C15H17NO3S/c1-4-12-16-13(15(17)18)14(20-12)10-6-5-7-11(8-10)19-9(2)3/h5-9H,4H2,1-3H3,(H,17,18). The van der Waals surface area contributed by atoms with Crippen LogP contribution in [0.4, 0.5) is 0 Å². The van der Waals surface area contributed by atoms with Gasteiger partial charge in [-0.3, -0.25) is 0 Å². The van der Waals surface area contributed by atoms with E-state index in [9.17, 15) is 9.90 Å². The van der Waals surface area contributed by atoms with Crippen molar-refractivity contribution in [3.05, 3.63) is 35.0 Å². The van der Waals surface area contributed by atoms with Crippen LogP contribution in [0.1, 0.15) is 36.3 Å². The maximum atomic E-state index is 11.3. The van der Waals surface area contributed by atoms with Gasteiger partial charge in [0.25, 0.3) is 0 Å². The first-order valence-electron chi connectivity index (χ1n) is 6.51. The van der Waals surface area contributed by atoms with Gasteiger partial charge in [-0.05, 0) is 38.0 Å². The molecule has 0 amide bonds. The lowest BCUT2D eigenvalue weighted by atomic mass is 10.1. The highest BCUT2D eigenvalue weighted by atomic mass is 32.1. The Morgan fingerprint density at radius 1 is 1.45 bits per heavy atom. The molecule has 0 atom stereocenters. The normalized spacial score (nSPS) is 10.8. The van der Waals surface area contributed by atoms with Gasteiger partial charge in [0.2, 0.25) is 0 Å². The fraction of sp³-hybridized carbons (Fsp3) is 0.333. The first kappa shape index (κ1) is 14.5. The van der Waals surface area contributed by atoms with Gasteiger partial charge in [0.05, 0.1) is 16.0 Å². The van der Waals surface area contributed by atoms with Crippen molar-refractivity contribution in [3.8, 4) is 16.2 Å². The van der Waals surface area contributed by atoms with E-state index >= 15 is 0 Å². The molecule has 1 heterocycles. The van der Waals surface area contributed by atoms with Crippen LogP contribution in [0.5, 0.6) is 5.75 Å². The molecule has 0 bridgehead atoms. The minimum atomic E-state index is -0.994. The monoisotopic (exact) mass is 291 g/mol. The molecule has 0 spiro atoms. The Morgan fingerprint density at radius 3 is 2.80 bits per heavy atom. The van der Waals surface area contributed by atoms with Crippen LogP contribution in [0.2, 0.25) is 0 Å². The average molecular weight is 291 g/mol. The molecule has 20 heavy (non-hydrogen) atoms. The van der Waals surface area contributed by atoms with Crippen LogP contribution in [-0.2, 0) is 6.42 Å². The van der Waals surface area contributed by atoms with Crippen molar-refractivity contribution >= 4 is 17.3 Å². The largest absolute Gasteiger partial charge is 0.491 e. The number of thiazole rings is 1. The molecule has 106 valence electrons. The van der Waals surface area contributed by atoms with Crippen molar-refractivity contribution in [2.75, 3.05) is 0 Å². The van der Waals surface area contributed by atoms with Gasteiger partial charge in [-0.25, -0.2) is 9.78 Å². The van der Waals surface area contributed by atoms with Gasteiger partial charge in [-0.2, -0.15) is 0 Å². The van der Waals surface area contributed by atoms with E-state index in [2.05, 4.69) is 4.98 Å². The first-order valence-corrected chi connectivity index (χ1v) is 7.33. The van der Waals surface area contributed by atoms with Crippen molar-refractivity contribution in [3.63, 3.8) is 0 Å². The van der Waals surface area contributed by atoms with Crippen LogP contribution < -0.4 is 4.74 Å². The Bertz CT molecular complexity index is 619. The molecule has 4 nitrogen and oxygen atoms in total. The Morgan fingerprint density at radius 2 is 2.20 bits per heavy atom. The number of carboxylic acids is 1. The summed E-state index contributed by atoms with van der Waals surface area (Å²) in [4.78, 5) is 16.2. The van der Waals surface area contributed by atoms with E-state index in [1.54, 1.807) is 0 Å². The summed E-state index contributed by atoms with van der Waals surface area (Å²) in [5.41, 5.74) is 0.950. The molecule has 2 rings (SSSR count). The number of aromatic carboxylic acids is 1. The minimum Gasteiger partial charge on any atom is -0.491 e. The number of hydrogen-bond donors (Lipinski definition) is 1. The topological polar surface area (TPSA) is 59.4 Å². The molecule has 0 aliphatic carbocycles. The SMILES string of the molecule is CCc1nc(C(=O)O)c(-c2cccc(OC(C)C)c2)s1. The van der Waals surface area contributed by atoms with Gasteiger partial charge in [0.15, 0.2) is 5.69 Å². The molecule has 1 aromatic heterocycles. The summed E-state index contributed by atoms with van der Waals surface area (Å²) in [6.07, 6.45) is 0.810. The molecular weight excluding hydrogens is 274 g/mol. The summed E-state index contributed by atoms with van der Waals surface area (Å²) < 4.78 is 5.65. The molecule has 0 aliphatic rings. The maximum Gasteiger partial charge on any atom is 0.356 e. The zero-order valence-electron chi connectivity index (χ0n) is 11.7. The second-order valence-electron chi connectivity index (χ2n) is 4.64. The van der Waals surface area contributed by atoms with Gasteiger partial charge >= 0.3 is 5.97 Å². The highest BCUT2D eigenvalue weighted by Gasteiger charge is 2.18. The predicted molar refractivity (Wildman–Crippen MR) is 79.7 cm³/mol. The Labute approximate surface area is 122 Å². The number of carbonyl (C=O) groups is 1. The Kier molecular flexibility index (Phi) is 4.39. The maximum absolute atomic E-state index is 11.3. The highest BCUT2D eigenvalue weighted by Crippen LogP contribution is 2.33. The summed E-state index contributed by atoms with van der Waals surface area (Å²) in [5, 5.41) is 10.1. The van der Waals surface area contributed by atoms with Crippen LogP contribution >= 0.6 is 11.3 Å². The second-order valence-corrected chi connectivity index (χ2v) is 5.72. The number of aryl methyl sites for hydroxylation is 1. The Balaban J connectivity index is 2.45. The molecular formula is C15H17NO3S. The molecule has 1 aromatic carbocycles. The third kappa shape index (κ3) is 3.17. The number of benzene rings is 1. The van der Waals surface area contributed by atoms with Crippen molar-refractivity contribution in [1.29, 1.82) is 0 Å². The Hall–Kier alpha value is -1.88. The number of aromatic nitrogens is 1. The van der Waals surface area contributed by atoms with Gasteiger partial charge in [-0.1, -0.05) is 19.1 Å². The third-order valence-electron chi connectivity index (χ3n) is 2.64. The molecule has 2 aromatic rings. The average Bonchev–Trinajstić information content (AvgIpc) is 2.82. The van der Waals surface area contributed by atoms with Crippen molar-refractivity contribution < 1.29 is 14.6 Å². The summed E-state index contributed by atoms with van der Waals surface area (Å²) in [7, 11) is 0. The van der Waals surface area contributed by atoms with Gasteiger partial charge in [0, 0.05) is 0 Å². The number of carboxylic acid groups (broad SMARTS) is 1. The number of nitrogens with zero attached hydrogens (tertiary/aromatic N) is 1.